The van der Waals surface area contributed by atoms with Gasteiger partial charge in [-0.2, -0.15) is 0 Å². The lowest BCUT2D eigenvalue weighted by Crippen LogP contribution is -2.30. The fourth-order valence-corrected chi connectivity index (χ4v) is 1.74. The number of hydrogen-bond donors (Lipinski definition) is 2. The van der Waals surface area contributed by atoms with Crippen LogP contribution in [0.5, 0.6) is 5.75 Å². The Labute approximate surface area is 102 Å². The number of carboxylic acid groups (broad SMARTS) is 1. The average molecular weight is 237 g/mol. The molecule has 0 fully saturated rings. The van der Waals surface area contributed by atoms with E-state index in [4.69, 9.17) is 9.84 Å². The van der Waals surface area contributed by atoms with Crippen molar-refractivity contribution in [1.29, 1.82) is 0 Å². The third-order valence-electron chi connectivity index (χ3n) is 2.63. The lowest BCUT2D eigenvalue weighted by molar-refractivity contribution is -0.137. The Balaban J connectivity index is 2.56. The molecule has 4 nitrogen and oxygen atoms in total. The number of carboxylic acids is 1. The highest BCUT2D eigenvalue weighted by Gasteiger charge is 2.12. The van der Waals surface area contributed by atoms with Crippen LogP contribution in [-0.2, 0) is 4.79 Å². The van der Waals surface area contributed by atoms with Crippen molar-refractivity contribution in [3.8, 4) is 5.75 Å². The van der Waals surface area contributed by atoms with E-state index in [9.17, 15) is 4.79 Å². The molecule has 0 heterocycles. The van der Waals surface area contributed by atoms with E-state index in [0.29, 0.717) is 0 Å². The Hall–Kier alpha value is -1.55. The van der Waals surface area contributed by atoms with Gasteiger partial charge in [0.05, 0.1) is 13.5 Å². The molecule has 0 aliphatic rings. The lowest BCUT2D eigenvalue weighted by atomic mass is 10.1. The zero-order valence-electron chi connectivity index (χ0n) is 10.4. The van der Waals surface area contributed by atoms with Crippen molar-refractivity contribution in [2.45, 2.75) is 32.4 Å². The smallest absolute Gasteiger partial charge is 0.304 e. The number of rotatable bonds is 6. The van der Waals surface area contributed by atoms with Crippen LogP contribution in [0, 0.1) is 0 Å². The Kier molecular flexibility index (Phi) is 4.97. The molecule has 1 unspecified atom stereocenters. The maximum Gasteiger partial charge on any atom is 0.304 e. The maximum atomic E-state index is 10.6. The van der Waals surface area contributed by atoms with Crippen molar-refractivity contribution in [3.63, 3.8) is 0 Å². The minimum Gasteiger partial charge on any atom is -0.497 e. The number of aliphatic carboxylic acids is 1. The molecule has 0 radical (unpaired) electrons. The fourth-order valence-electron chi connectivity index (χ4n) is 1.74. The molecular formula is C13H19NO3. The van der Waals surface area contributed by atoms with Crippen molar-refractivity contribution in [1.82, 2.24) is 5.32 Å². The van der Waals surface area contributed by atoms with Crippen LogP contribution in [0.4, 0.5) is 0 Å². The maximum absolute atomic E-state index is 10.6. The summed E-state index contributed by atoms with van der Waals surface area (Å²) in [4.78, 5) is 10.6. The van der Waals surface area contributed by atoms with Gasteiger partial charge in [-0.25, -0.2) is 0 Å². The zero-order valence-corrected chi connectivity index (χ0v) is 10.4. The highest BCUT2D eigenvalue weighted by molar-refractivity contribution is 5.67. The normalized spacial score (nSPS) is 14.1. The van der Waals surface area contributed by atoms with E-state index in [1.54, 1.807) is 7.11 Å². The van der Waals surface area contributed by atoms with Gasteiger partial charge in [0.25, 0.3) is 0 Å². The molecule has 4 heteroatoms. The Morgan fingerprint density at radius 2 is 1.94 bits per heavy atom. The molecular weight excluding hydrogens is 218 g/mol. The van der Waals surface area contributed by atoms with Crippen LogP contribution < -0.4 is 10.1 Å². The molecule has 0 bridgehead atoms. The molecule has 1 rings (SSSR count). The van der Waals surface area contributed by atoms with Gasteiger partial charge in [0, 0.05) is 12.1 Å². The second kappa shape index (κ2) is 6.25. The van der Waals surface area contributed by atoms with Gasteiger partial charge in [-0.3, -0.25) is 4.79 Å². The summed E-state index contributed by atoms with van der Waals surface area (Å²) in [6, 6.07) is 7.82. The number of nitrogens with one attached hydrogen (secondary N) is 1. The van der Waals surface area contributed by atoms with Crippen LogP contribution in [-0.4, -0.2) is 24.2 Å². The van der Waals surface area contributed by atoms with E-state index in [1.807, 2.05) is 38.1 Å². The van der Waals surface area contributed by atoms with Gasteiger partial charge in [0.1, 0.15) is 5.75 Å². The predicted octanol–water partition coefficient (Wildman–Crippen LogP) is 2.21. The second-order valence-corrected chi connectivity index (χ2v) is 4.16. The molecule has 17 heavy (non-hydrogen) atoms. The van der Waals surface area contributed by atoms with Crippen LogP contribution >= 0.6 is 0 Å². The molecule has 0 spiro atoms. The first-order chi connectivity index (χ1) is 8.02. The SMILES string of the molecule is COc1ccc([C@@H](C)NC(C)CC(=O)O)cc1. The number of methoxy groups -OCH3 is 1. The molecule has 2 N–H and O–H groups in total. The molecule has 0 aliphatic carbocycles. The monoisotopic (exact) mass is 237 g/mol. The first kappa shape index (κ1) is 13.5. The van der Waals surface area contributed by atoms with E-state index in [1.165, 1.54) is 0 Å². The standard InChI is InChI=1S/C13H19NO3/c1-9(8-13(15)16)14-10(2)11-4-6-12(17-3)7-5-11/h4-7,9-10,14H,8H2,1-3H3,(H,15,16)/t9?,10-/m1/s1. The molecule has 1 aromatic carbocycles. The first-order valence-corrected chi connectivity index (χ1v) is 5.64. The predicted molar refractivity (Wildman–Crippen MR) is 66.3 cm³/mol. The van der Waals surface area contributed by atoms with Crippen molar-refractivity contribution in [2.75, 3.05) is 7.11 Å². The van der Waals surface area contributed by atoms with E-state index in [0.717, 1.165) is 11.3 Å². The zero-order chi connectivity index (χ0) is 12.8. The Morgan fingerprint density at radius 1 is 1.35 bits per heavy atom. The minimum atomic E-state index is -0.785. The van der Waals surface area contributed by atoms with Crippen LogP contribution in [0.2, 0.25) is 0 Å². The van der Waals surface area contributed by atoms with E-state index < -0.39 is 5.97 Å². The summed E-state index contributed by atoms with van der Waals surface area (Å²) in [7, 11) is 1.63. The summed E-state index contributed by atoms with van der Waals surface area (Å²) in [6.45, 7) is 3.88. The number of hydrogen-bond acceptors (Lipinski definition) is 3. The number of ether oxygens (including phenoxy) is 1. The molecule has 0 saturated heterocycles. The van der Waals surface area contributed by atoms with E-state index in [-0.39, 0.29) is 18.5 Å². The minimum absolute atomic E-state index is 0.0513. The molecule has 0 aliphatic heterocycles. The van der Waals surface area contributed by atoms with Gasteiger partial charge in [0.2, 0.25) is 0 Å². The van der Waals surface area contributed by atoms with Crippen LogP contribution in [0.15, 0.2) is 24.3 Å². The summed E-state index contributed by atoms with van der Waals surface area (Å²) < 4.78 is 5.08. The summed E-state index contributed by atoms with van der Waals surface area (Å²) in [5.74, 6) is 0.0338. The topological polar surface area (TPSA) is 58.6 Å². The highest BCUT2D eigenvalue weighted by Crippen LogP contribution is 2.17. The number of benzene rings is 1. The van der Waals surface area contributed by atoms with Gasteiger partial charge in [0.15, 0.2) is 0 Å². The molecule has 2 atom stereocenters. The first-order valence-electron chi connectivity index (χ1n) is 5.64. The Bertz CT molecular complexity index is 361. The lowest BCUT2D eigenvalue weighted by Gasteiger charge is -2.19. The fraction of sp³-hybridized carbons (Fsp3) is 0.462. The second-order valence-electron chi connectivity index (χ2n) is 4.16. The van der Waals surface area contributed by atoms with Gasteiger partial charge in [-0.05, 0) is 31.5 Å². The third kappa shape index (κ3) is 4.44. The molecule has 94 valence electrons. The molecule has 1 aromatic rings. The summed E-state index contributed by atoms with van der Waals surface area (Å²) >= 11 is 0. The average Bonchev–Trinajstić information content (AvgIpc) is 2.28. The quantitative estimate of drug-likeness (QED) is 0.796. The van der Waals surface area contributed by atoms with Gasteiger partial charge < -0.3 is 15.2 Å². The van der Waals surface area contributed by atoms with Gasteiger partial charge >= 0.3 is 5.97 Å². The van der Waals surface area contributed by atoms with Crippen molar-refractivity contribution >= 4 is 5.97 Å². The number of carbonyl (C=O) groups is 1. The van der Waals surface area contributed by atoms with Crippen molar-refractivity contribution in [2.24, 2.45) is 0 Å². The van der Waals surface area contributed by atoms with Crippen LogP contribution in [0.3, 0.4) is 0 Å². The van der Waals surface area contributed by atoms with Crippen LogP contribution in [0.1, 0.15) is 31.9 Å². The molecule has 0 amide bonds. The largest absolute Gasteiger partial charge is 0.497 e. The van der Waals surface area contributed by atoms with Gasteiger partial charge in [-0.15, -0.1) is 0 Å². The third-order valence-corrected chi connectivity index (χ3v) is 2.63. The van der Waals surface area contributed by atoms with E-state index in [2.05, 4.69) is 5.32 Å². The molecule has 0 saturated carbocycles. The van der Waals surface area contributed by atoms with E-state index >= 15 is 0 Å². The highest BCUT2D eigenvalue weighted by atomic mass is 16.5. The summed E-state index contributed by atoms with van der Waals surface area (Å²) in [5.41, 5.74) is 1.11. The Morgan fingerprint density at radius 3 is 2.41 bits per heavy atom. The van der Waals surface area contributed by atoms with Crippen molar-refractivity contribution in [3.05, 3.63) is 29.8 Å². The summed E-state index contributed by atoms with van der Waals surface area (Å²) in [6.07, 6.45) is 0.125. The van der Waals surface area contributed by atoms with Crippen LogP contribution in [0.25, 0.3) is 0 Å². The molecule has 0 aromatic heterocycles. The van der Waals surface area contributed by atoms with Crippen molar-refractivity contribution < 1.29 is 14.6 Å². The van der Waals surface area contributed by atoms with Gasteiger partial charge in [-0.1, -0.05) is 12.1 Å². The summed E-state index contributed by atoms with van der Waals surface area (Å²) in [5, 5.41) is 11.9.